The largest absolute Gasteiger partial charge is 0.481 e. The van der Waals surface area contributed by atoms with E-state index in [1.165, 1.54) is 0 Å². The van der Waals surface area contributed by atoms with Gasteiger partial charge in [0.1, 0.15) is 0 Å². The van der Waals surface area contributed by atoms with Gasteiger partial charge in [-0.3, -0.25) is 14.5 Å². The number of carbonyl (C=O) groups excluding carboxylic acids is 1. The van der Waals surface area contributed by atoms with Crippen molar-refractivity contribution in [3.05, 3.63) is 0 Å². The molecule has 0 unspecified atom stereocenters. The van der Waals surface area contributed by atoms with E-state index in [0.29, 0.717) is 13.1 Å². The van der Waals surface area contributed by atoms with Crippen LogP contribution in [0.1, 0.15) is 6.42 Å². The number of nitrogens with zero attached hydrogens (tertiary/aromatic N) is 3. The summed E-state index contributed by atoms with van der Waals surface area (Å²) >= 11 is 0. The van der Waals surface area contributed by atoms with Gasteiger partial charge in [0.15, 0.2) is 0 Å². The lowest BCUT2D eigenvalue weighted by molar-refractivity contribution is -0.137. The number of piperazine rings is 1. The standard InChI is InChI=1S/C11H21N3O3/c1-12(2)10(15)9-14-7-5-13(6-8-14)4-3-11(16)17/h3-9H2,1-2H3,(H,16,17). The van der Waals surface area contributed by atoms with Crippen LogP contribution in [0.4, 0.5) is 0 Å². The summed E-state index contributed by atoms with van der Waals surface area (Å²) in [6.07, 6.45) is 0.191. The average Bonchev–Trinajstić information content (AvgIpc) is 2.28. The second kappa shape index (κ2) is 6.56. The fraction of sp³-hybridized carbons (Fsp3) is 0.818. The average molecular weight is 243 g/mol. The van der Waals surface area contributed by atoms with Gasteiger partial charge in [0, 0.05) is 46.8 Å². The third kappa shape index (κ3) is 5.14. The van der Waals surface area contributed by atoms with Gasteiger partial charge in [0.25, 0.3) is 0 Å². The quantitative estimate of drug-likeness (QED) is 0.682. The molecule has 0 saturated carbocycles. The first-order chi connectivity index (χ1) is 7.99. The molecule has 17 heavy (non-hydrogen) atoms. The molecule has 1 fully saturated rings. The molecule has 0 spiro atoms. The van der Waals surface area contributed by atoms with Crippen molar-refractivity contribution in [3.8, 4) is 0 Å². The fourth-order valence-electron chi connectivity index (χ4n) is 1.76. The van der Waals surface area contributed by atoms with Crippen molar-refractivity contribution in [2.24, 2.45) is 0 Å². The third-order valence-corrected chi connectivity index (χ3v) is 2.96. The van der Waals surface area contributed by atoms with Gasteiger partial charge in [-0.15, -0.1) is 0 Å². The number of carboxylic acid groups (broad SMARTS) is 1. The smallest absolute Gasteiger partial charge is 0.304 e. The van der Waals surface area contributed by atoms with Gasteiger partial charge in [-0.2, -0.15) is 0 Å². The number of aliphatic carboxylic acids is 1. The number of hydrogen-bond donors (Lipinski definition) is 1. The molecule has 0 aliphatic carbocycles. The Bertz CT molecular complexity index is 273. The van der Waals surface area contributed by atoms with Gasteiger partial charge in [-0.1, -0.05) is 0 Å². The summed E-state index contributed by atoms with van der Waals surface area (Å²) in [6, 6.07) is 0. The maximum Gasteiger partial charge on any atom is 0.304 e. The van der Waals surface area contributed by atoms with Crippen LogP contribution in [0.15, 0.2) is 0 Å². The number of carboxylic acids is 1. The van der Waals surface area contributed by atoms with E-state index in [0.717, 1.165) is 26.2 Å². The molecule has 0 radical (unpaired) electrons. The summed E-state index contributed by atoms with van der Waals surface area (Å²) < 4.78 is 0. The predicted octanol–water partition coefficient (Wildman–Crippen LogP) is -0.833. The molecule has 1 amide bonds. The maximum atomic E-state index is 11.5. The van der Waals surface area contributed by atoms with Crippen molar-refractivity contribution in [1.29, 1.82) is 0 Å². The lowest BCUT2D eigenvalue weighted by Crippen LogP contribution is -2.49. The lowest BCUT2D eigenvalue weighted by atomic mass is 10.3. The highest BCUT2D eigenvalue weighted by Crippen LogP contribution is 2.02. The van der Waals surface area contributed by atoms with E-state index in [2.05, 4.69) is 9.80 Å². The third-order valence-electron chi connectivity index (χ3n) is 2.96. The molecule has 1 heterocycles. The van der Waals surface area contributed by atoms with E-state index >= 15 is 0 Å². The van der Waals surface area contributed by atoms with Crippen LogP contribution in [0.5, 0.6) is 0 Å². The second-order valence-electron chi connectivity index (χ2n) is 4.55. The minimum absolute atomic E-state index is 0.115. The molecule has 1 aliphatic rings. The number of amides is 1. The lowest BCUT2D eigenvalue weighted by Gasteiger charge is -2.34. The van der Waals surface area contributed by atoms with Crippen LogP contribution in [0, 0.1) is 0 Å². The molecular weight excluding hydrogens is 222 g/mol. The zero-order chi connectivity index (χ0) is 12.8. The zero-order valence-electron chi connectivity index (χ0n) is 10.6. The highest BCUT2D eigenvalue weighted by molar-refractivity contribution is 5.77. The minimum atomic E-state index is -0.754. The van der Waals surface area contributed by atoms with E-state index in [1.54, 1.807) is 19.0 Å². The maximum absolute atomic E-state index is 11.5. The number of likely N-dealkylation sites (N-methyl/N-ethyl adjacent to an activating group) is 1. The number of carbonyl (C=O) groups is 2. The van der Waals surface area contributed by atoms with Gasteiger partial charge in [-0.05, 0) is 0 Å². The zero-order valence-corrected chi connectivity index (χ0v) is 10.6. The topological polar surface area (TPSA) is 64.1 Å². The fourth-order valence-corrected chi connectivity index (χ4v) is 1.76. The Labute approximate surface area is 102 Å². The predicted molar refractivity (Wildman–Crippen MR) is 63.8 cm³/mol. The number of rotatable bonds is 5. The molecule has 0 aromatic heterocycles. The molecule has 0 aromatic rings. The van der Waals surface area contributed by atoms with Crippen molar-refractivity contribution >= 4 is 11.9 Å². The normalized spacial score (nSPS) is 18.0. The highest BCUT2D eigenvalue weighted by atomic mass is 16.4. The first-order valence-electron chi connectivity index (χ1n) is 5.85. The molecule has 1 N–H and O–H groups in total. The van der Waals surface area contributed by atoms with Crippen LogP contribution in [-0.4, -0.2) is 85.0 Å². The van der Waals surface area contributed by atoms with E-state index in [1.807, 2.05) is 0 Å². The van der Waals surface area contributed by atoms with Crippen LogP contribution in [-0.2, 0) is 9.59 Å². The summed E-state index contributed by atoms with van der Waals surface area (Å²) in [5, 5.41) is 8.59. The van der Waals surface area contributed by atoms with Crippen LogP contribution in [0.3, 0.4) is 0 Å². The van der Waals surface area contributed by atoms with Gasteiger partial charge in [0.2, 0.25) is 5.91 Å². The SMILES string of the molecule is CN(C)C(=O)CN1CCN(CCC(=O)O)CC1. The van der Waals surface area contributed by atoms with Crippen molar-refractivity contribution in [3.63, 3.8) is 0 Å². The van der Waals surface area contributed by atoms with Crippen LogP contribution in [0.2, 0.25) is 0 Å². The van der Waals surface area contributed by atoms with Crippen LogP contribution < -0.4 is 0 Å². The molecule has 1 rings (SSSR count). The van der Waals surface area contributed by atoms with E-state index in [9.17, 15) is 9.59 Å². The van der Waals surface area contributed by atoms with Gasteiger partial charge < -0.3 is 14.9 Å². The van der Waals surface area contributed by atoms with Crippen molar-refractivity contribution in [2.45, 2.75) is 6.42 Å². The molecule has 0 bridgehead atoms. The molecule has 6 nitrogen and oxygen atoms in total. The van der Waals surface area contributed by atoms with Gasteiger partial charge in [0.05, 0.1) is 13.0 Å². The summed E-state index contributed by atoms with van der Waals surface area (Å²) in [6.45, 7) is 4.41. The Morgan fingerprint density at radius 3 is 2.12 bits per heavy atom. The van der Waals surface area contributed by atoms with E-state index in [-0.39, 0.29) is 12.3 Å². The Balaban J connectivity index is 2.21. The summed E-state index contributed by atoms with van der Waals surface area (Å²) in [4.78, 5) is 27.8. The molecule has 6 heteroatoms. The molecule has 1 saturated heterocycles. The highest BCUT2D eigenvalue weighted by Gasteiger charge is 2.19. The first-order valence-corrected chi connectivity index (χ1v) is 5.85. The Morgan fingerprint density at radius 2 is 1.65 bits per heavy atom. The monoisotopic (exact) mass is 243 g/mol. The molecule has 1 aliphatic heterocycles. The Hall–Kier alpha value is -1.14. The van der Waals surface area contributed by atoms with Gasteiger partial charge >= 0.3 is 5.97 Å². The van der Waals surface area contributed by atoms with Crippen LogP contribution in [0.25, 0.3) is 0 Å². The summed E-state index contributed by atoms with van der Waals surface area (Å²) in [7, 11) is 3.51. The first kappa shape index (κ1) is 13.9. The van der Waals surface area contributed by atoms with Crippen LogP contribution >= 0.6 is 0 Å². The van der Waals surface area contributed by atoms with Crippen molar-refractivity contribution in [2.75, 3.05) is 53.4 Å². The van der Waals surface area contributed by atoms with Gasteiger partial charge in [-0.25, -0.2) is 0 Å². The second-order valence-corrected chi connectivity index (χ2v) is 4.55. The van der Waals surface area contributed by atoms with E-state index < -0.39 is 5.97 Å². The molecule has 0 aromatic carbocycles. The molecule has 0 atom stereocenters. The van der Waals surface area contributed by atoms with E-state index in [4.69, 9.17) is 5.11 Å². The Kier molecular flexibility index (Phi) is 5.37. The Morgan fingerprint density at radius 1 is 1.12 bits per heavy atom. The molecule has 98 valence electrons. The summed E-state index contributed by atoms with van der Waals surface area (Å²) in [5.41, 5.74) is 0. The molecular formula is C11H21N3O3. The minimum Gasteiger partial charge on any atom is -0.481 e. The number of hydrogen-bond acceptors (Lipinski definition) is 4. The van der Waals surface area contributed by atoms with Crippen molar-refractivity contribution in [1.82, 2.24) is 14.7 Å². The van der Waals surface area contributed by atoms with Crippen molar-refractivity contribution < 1.29 is 14.7 Å². The summed E-state index contributed by atoms with van der Waals surface area (Å²) in [5.74, 6) is -0.640.